The Balaban J connectivity index is 3.12. The van der Waals surface area contributed by atoms with Crippen LogP contribution in [0.4, 0.5) is 10.2 Å². The van der Waals surface area contributed by atoms with Gasteiger partial charge in [-0.25, -0.2) is 14.4 Å². The van der Waals surface area contributed by atoms with Gasteiger partial charge in [0.2, 0.25) is 0 Å². The Morgan fingerprint density at radius 3 is 2.60 bits per heavy atom. The monoisotopic (exact) mass is 275 g/mol. The molecule has 0 amide bonds. The summed E-state index contributed by atoms with van der Waals surface area (Å²) >= 11 is 3.40. The minimum Gasteiger partial charge on any atom is -0.351 e. The second-order valence-electron chi connectivity index (χ2n) is 4.10. The number of anilines is 1. The molecule has 1 heterocycles. The number of halogens is 2. The first-order chi connectivity index (χ1) is 6.90. The molecule has 0 aliphatic carbocycles. The summed E-state index contributed by atoms with van der Waals surface area (Å²) in [5.41, 5.74) is 0.180. The molecule has 84 valence electrons. The molecule has 5 heteroatoms. The van der Waals surface area contributed by atoms with Crippen LogP contribution in [0.3, 0.4) is 0 Å². The van der Waals surface area contributed by atoms with Crippen molar-refractivity contribution in [3.05, 3.63) is 17.8 Å². The first kappa shape index (κ1) is 12.4. The third-order valence-electron chi connectivity index (χ3n) is 2.50. The third kappa shape index (κ3) is 2.45. The molecule has 0 bridgehead atoms. The van der Waals surface area contributed by atoms with E-state index in [0.717, 1.165) is 5.33 Å². The summed E-state index contributed by atoms with van der Waals surface area (Å²) in [4.78, 5) is 9.59. The molecule has 1 rings (SSSR count). The zero-order chi connectivity index (χ0) is 11.6. The van der Waals surface area contributed by atoms with Gasteiger partial charge in [-0.05, 0) is 20.8 Å². The fourth-order valence-corrected chi connectivity index (χ4v) is 1.43. The van der Waals surface area contributed by atoms with Gasteiger partial charge in [0.05, 0.1) is 5.69 Å². The van der Waals surface area contributed by atoms with E-state index in [9.17, 15) is 4.39 Å². The quantitative estimate of drug-likeness (QED) is 0.794. The number of rotatable bonds is 3. The van der Waals surface area contributed by atoms with Crippen LogP contribution in [0.1, 0.15) is 19.5 Å². The van der Waals surface area contributed by atoms with Crippen LogP contribution >= 0.6 is 15.9 Å². The number of hydrogen-bond donors (Lipinski definition) is 0. The second-order valence-corrected chi connectivity index (χ2v) is 4.66. The predicted octanol–water partition coefficient (Wildman–Crippen LogP) is 2.53. The van der Waals surface area contributed by atoms with Crippen molar-refractivity contribution in [2.45, 2.75) is 26.3 Å². The Hall–Kier alpha value is -0.710. The first-order valence-electron chi connectivity index (χ1n) is 4.67. The zero-order valence-corrected chi connectivity index (χ0v) is 11.0. The van der Waals surface area contributed by atoms with Crippen LogP contribution < -0.4 is 4.90 Å². The average Bonchev–Trinajstić information content (AvgIpc) is 2.21. The van der Waals surface area contributed by atoms with Gasteiger partial charge in [0.1, 0.15) is 6.33 Å². The van der Waals surface area contributed by atoms with Crippen molar-refractivity contribution >= 4 is 21.7 Å². The smallest absolute Gasteiger partial charge is 0.186 e. The van der Waals surface area contributed by atoms with E-state index in [1.54, 1.807) is 6.92 Å². The first-order valence-corrected chi connectivity index (χ1v) is 5.79. The van der Waals surface area contributed by atoms with Crippen LogP contribution in [0.2, 0.25) is 0 Å². The Morgan fingerprint density at radius 1 is 1.47 bits per heavy atom. The molecule has 0 fully saturated rings. The Morgan fingerprint density at radius 2 is 2.07 bits per heavy atom. The molecule has 0 aliphatic heterocycles. The van der Waals surface area contributed by atoms with Crippen molar-refractivity contribution in [3.63, 3.8) is 0 Å². The summed E-state index contributed by atoms with van der Waals surface area (Å²) in [7, 11) is 1.83. The molecule has 0 aliphatic rings. The standard InChI is InChI=1S/C10H15BrFN3/c1-7-8(12)9(14-6-13-7)15(4)10(2,3)5-11/h6H,5H2,1-4H3. The van der Waals surface area contributed by atoms with Crippen LogP contribution in [-0.2, 0) is 0 Å². The molecule has 3 nitrogen and oxygen atoms in total. The number of aryl methyl sites for hydroxylation is 1. The van der Waals surface area contributed by atoms with Gasteiger partial charge in [0.15, 0.2) is 11.6 Å². The van der Waals surface area contributed by atoms with Gasteiger partial charge in [-0.1, -0.05) is 15.9 Å². The highest BCUT2D eigenvalue weighted by molar-refractivity contribution is 9.09. The molecule has 0 aromatic carbocycles. The van der Waals surface area contributed by atoms with Gasteiger partial charge in [0, 0.05) is 17.9 Å². The molecule has 1 aromatic heterocycles. The molecule has 0 saturated heterocycles. The van der Waals surface area contributed by atoms with Gasteiger partial charge < -0.3 is 4.90 Å². The topological polar surface area (TPSA) is 29.0 Å². The molecule has 15 heavy (non-hydrogen) atoms. The lowest BCUT2D eigenvalue weighted by Gasteiger charge is -2.35. The van der Waals surface area contributed by atoms with Gasteiger partial charge in [0.25, 0.3) is 0 Å². The van der Waals surface area contributed by atoms with E-state index in [1.165, 1.54) is 6.33 Å². The van der Waals surface area contributed by atoms with E-state index < -0.39 is 0 Å². The summed E-state index contributed by atoms with van der Waals surface area (Å²) < 4.78 is 13.7. The lowest BCUT2D eigenvalue weighted by molar-refractivity contribution is 0.520. The van der Waals surface area contributed by atoms with Gasteiger partial charge in [-0.3, -0.25) is 0 Å². The van der Waals surface area contributed by atoms with Gasteiger partial charge >= 0.3 is 0 Å². The molecule has 0 radical (unpaired) electrons. The van der Waals surface area contributed by atoms with E-state index in [2.05, 4.69) is 25.9 Å². The van der Waals surface area contributed by atoms with Crippen LogP contribution in [0, 0.1) is 12.7 Å². The van der Waals surface area contributed by atoms with Crippen LogP contribution in [0.5, 0.6) is 0 Å². The second kappa shape index (κ2) is 4.43. The van der Waals surface area contributed by atoms with E-state index in [1.807, 2.05) is 25.8 Å². The molecule has 0 atom stereocenters. The van der Waals surface area contributed by atoms with E-state index in [0.29, 0.717) is 11.5 Å². The van der Waals surface area contributed by atoms with Gasteiger partial charge in [-0.15, -0.1) is 0 Å². The molecular weight excluding hydrogens is 261 g/mol. The molecule has 0 spiro atoms. The van der Waals surface area contributed by atoms with E-state index >= 15 is 0 Å². The van der Waals surface area contributed by atoms with Crippen molar-refractivity contribution in [1.29, 1.82) is 0 Å². The van der Waals surface area contributed by atoms with Crippen molar-refractivity contribution < 1.29 is 4.39 Å². The van der Waals surface area contributed by atoms with Crippen molar-refractivity contribution in [3.8, 4) is 0 Å². The van der Waals surface area contributed by atoms with Crippen LogP contribution in [0.15, 0.2) is 6.33 Å². The van der Waals surface area contributed by atoms with E-state index in [-0.39, 0.29) is 11.4 Å². The Kier molecular flexibility index (Phi) is 3.65. The Bertz CT molecular complexity index is 355. The van der Waals surface area contributed by atoms with Crippen LogP contribution in [-0.4, -0.2) is 27.9 Å². The number of hydrogen-bond acceptors (Lipinski definition) is 3. The van der Waals surface area contributed by atoms with Crippen LogP contribution in [0.25, 0.3) is 0 Å². The highest BCUT2D eigenvalue weighted by Crippen LogP contribution is 2.24. The lowest BCUT2D eigenvalue weighted by Crippen LogP contribution is -2.43. The minimum atomic E-state index is -0.353. The maximum atomic E-state index is 13.7. The zero-order valence-electron chi connectivity index (χ0n) is 9.38. The maximum Gasteiger partial charge on any atom is 0.186 e. The number of nitrogens with zero attached hydrogens (tertiary/aromatic N) is 3. The fourth-order valence-electron chi connectivity index (χ4n) is 1.06. The van der Waals surface area contributed by atoms with Crippen molar-refractivity contribution in [2.75, 3.05) is 17.3 Å². The predicted molar refractivity (Wildman–Crippen MR) is 63.0 cm³/mol. The molecule has 0 unspecified atom stereocenters. The third-order valence-corrected chi connectivity index (χ3v) is 3.87. The van der Waals surface area contributed by atoms with Crippen molar-refractivity contribution in [2.24, 2.45) is 0 Å². The van der Waals surface area contributed by atoms with Gasteiger partial charge in [-0.2, -0.15) is 0 Å². The summed E-state index contributed by atoms with van der Waals surface area (Å²) in [6.07, 6.45) is 1.38. The lowest BCUT2D eigenvalue weighted by atomic mass is 10.1. The fraction of sp³-hybridized carbons (Fsp3) is 0.600. The summed E-state index contributed by atoms with van der Waals surface area (Å²) in [5, 5.41) is 0.735. The van der Waals surface area contributed by atoms with E-state index in [4.69, 9.17) is 0 Å². The highest BCUT2D eigenvalue weighted by Gasteiger charge is 2.26. The number of aromatic nitrogens is 2. The Labute approximate surface area is 97.9 Å². The van der Waals surface area contributed by atoms with Crippen molar-refractivity contribution in [1.82, 2.24) is 9.97 Å². The summed E-state index contributed by atoms with van der Waals surface area (Å²) in [6, 6.07) is 0. The number of alkyl halides is 1. The maximum absolute atomic E-state index is 13.7. The average molecular weight is 276 g/mol. The molecule has 1 aromatic rings. The normalized spacial score (nSPS) is 11.6. The minimum absolute atomic E-state index is 0.193. The summed E-state index contributed by atoms with van der Waals surface area (Å²) in [6.45, 7) is 5.66. The molecule has 0 N–H and O–H groups in total. The summed E-state index contributed by atoms with van der Waals surface area (Å²) in [5.74, 6) is -0.0130. The SMILES string of the molecule is Cc1ncnc(N(C)C(C)(C)CBr)c1F. The molecule has 0 saturated carbocycles. The largest absolute Gasteiger partial charge is 0.351 e. The highest BCUT2D eigenvalue weighted by atomic mass is 79.9. The molecular formula is C10H15BrFN3.